The quantitative estimate of drug-likeness (QED) is 0.684. The maximum absolute atomic E-state index is 5.72. The van der Waals surface area contributed by atoms with Gasteiger partial charge < -0.3 is 10.6 Å². The predicted molar refractivity (Wildman–Crippen MR) is 55.2 cm³/mol. The molecule has 0 aromatic carbocycles. The van der Waals surface area contributed by atoms with Crippen LogP contribution in [0.15, 0.2) is 0 Å². The first-order chi connectivity index (χ1) is 5.43. The van der Waals surface area contributed by atoms with Crippen LogP contribution in [0.5, 0.6) is 0 Å². The van der Waals surface area contributed by atoms with Crippen molar-refractivity contribution in [1.82, 2.24) is 4.90 Å². The molecule has 0 aliphatic heterocycles. The van der Waals surface area contributed by atoms with E-state index < -0.39 is 0 Å². The third kappa shape index (κ3) is 5.56. The van der Waals surface area contributed by atoms with Crippen molar-refractivity contribution in [2.45, 2.75) is 46.2 Å². The van der Waals surface area contributed by atoms with Crippen LogP contribution in [-0.4, -0.2) is 30.6 Å². The van der Waals surface area contributed by atoms with Crippen LogP contribution < -0.4 is 5.73 Å². The molecule has 0 amide bonds. The maximum Gasteiger partial charge on any atom is 0.0139 e. The Kier molecular flexibility index (Phi) is 5.51. The summed E-state index contributed by atoms with van der Waals surface area (Å²) in [5, 5.41) is 0. The number of nitrogens with zero attached hydrogens (tertiary/aromatic N) is 1. The van der Waals surface area contributed by atoms with E-state index in [0.717, 1.165) is 12.5 Å². The normalized spacial score (nSPS) is 17.0. The SMILES string of the molecule is CC(C)CC(C)N(C)CC(C)N. The summed E-state index contributed by atoms with van der Waals surface area (Å²) in [7, 11) is 2.15. The van der Waals surface area contributed by atoms with Crippen LogP contribution in [0.2, 0.25) is 0 Å². The molecule has 0 aromatic rings. The number of hydrogen-bond donors (Lipinski definition) is 1. The fraction of sp³-hybridized carbons (Fsp3) is 1.00. The first-order valence-corrected chi connectivity index (χ1v) is 4.89. The lowest BCUT2D eigenvalue weighted by Gasteiger charge is -2.27. The van der Waals surface area contributed by atoms with Crippen molar-refractivity contribution in [1.29, 1.82) is 0 Å². The Bertz CT molecular complexity index is 96.4. The van der Waals surface area contributed by atoms with Crippen molar-refractivity contribution in [2.75, 3.05) is 13.6 Å². The standard InChI is InChI=1S/C10H24N2/c1-8(2)6-10(4)12(5)7-9(3)11/h8-10H,6-7,11H2,1-5H3. The zero-order valence-corrected chi connectivity index (χ0v) is 9.17. The highest BCUT2D eigenvalue weighted by Gasteiger charge is 2.11. The number of rotatable bonds is 5. The summed E-state index contributed by atoms with van der Waals surface area (Å²) < 4.78 is 0. The molecule has 0 bridgehead atoms. The van der Waals surface area contributed by atoms with Gasteiger partial charge in [0.1, 0.15) is 0 Å². The van der Waals surface area contributed by atoms with E-state index in [1.165, 1.54) is 6.42 Å². The van der Waals surface area contributed by atoms with Crippen LogP contribution in [0.4, 0.5) is 0 Å². The Balaban J connectivity index is 3.68. The third-order valence-corrected chi connectivity index (χ3v) is 2.14. The summed E-state index contributed by atoms with van der Waals surface area (Å²) in [4.78, 5) is 2.34. The van der Waals surface area contributed by atoms with E-state index in [0.29, 0.717) is 6.04 Å². The first-order valence-electron chi connectivity index (χ1n) is 4.89. The molecule has 74 valence electrons. The molecule has 2 heteroatoms. The minimum atomic E-state index is 0.282. The van der Waals surface area contributed by atoms with Crippen molar-refractivity contribution < 1.29 is 0 Å². The fourth-order valence-corrected chi connectivity index (χ4v) is 1.50. The molecule has 2 unspecified atom stereocenters. The van der Waals surface area contributed by atoms with Gasteiger partial charge in [0.05, 0.1) is 0 Å². The van der Waals surface area contributed by atoms with Crippen LogP contribution in [0.25, 0.3) is 0 Å². The number of hydrogen-bond acceptors (Lipinski definition) is 2. The van der Waals surface area contributed by atoms with Gasteiger partial charge in [-0.25, -0.2) is 0 Å². The van der Waals surface area contributed by atoms with E-state index in [1.54, 1.807) is 0 Å². The van der Waals surface area contributed by atoms with Crippen molar-refractivity contribution in [3.8, 4) is 0 Å². The summed E-state index contributed by atoms with van der Waals surface area (Å²) in [6.07, 6.45) is 1.25. The first kappa shape index (κ1) is 11.9. The lowest BCUT2D eigenvalue weighted by Crippen LogP contribution is -2.38. The molecule has 0 saturated heterocycles. The van der Waals surface area contributed by atoms with E-state index in [-0.39, 0.29) is 6.04 Å². The van der Waals surface area contributed by atoms with Crippen LogP contribution >= 0.6 is 0 Å². The molecule has 2 N–H and O–H groups in total. The van der Waals surface area contributed by atoms with Crippen molar-refractivity contribution in [3.63, 3.8) is 0 Å². The second kappa shape index (κ2) is 5.55. The van der Waals surface area contributed by atoms with Gasteiger partial charge in [-0.1, -0.05) is 13.8 Å². The highest BCUT2D eigenvalue weighted by Crippen LogP contribution is 2.09. The van der Waals surface area contributed by atoms with Gasteiger partial charge in [0.25, 0.3) is 0 Å². The second-order valence-corrected chi connectivity index (χ2v) is 4.40. The van der Waals surface area contributed by atoms with Gasteiger partial charge in [-0.3, -0.25) is 0 Å². The van der Waals surface area contributed by atoms with Crippen LogP contribution in [0, 0.1) is 5.92 Å². The van der Waals surface area contributed by atoms with Crippen molar-refractivity contribution >= 4 is 0 Å². The van der Waals surface area contributed by atoms with E-state index in [4.69, 9.17) is 5.73 Å². The van der Waals surface area contributed by atoms with Gasteiger partial charge in [0.2, 0.25) is 0 Å². The number of likely N-dealkylation sites (N-methyl/N-ethyl adjacent to an activating group) is 1. The molecule has 0 aliphatic rings. The van der Waals surface area contributed by atoms with E-state index in [2.05, 4.69) is 39.6 Å². The molecule has 0 aromatic heterocycles. The highest BCUT2D eigenvalue weighted by atomic mass is 15.1. The average Bonchev–Trinajstić information content (AvgIpc) is 1.84. The molecule has 0 rings (SSSR count). The summed E-state index contributed by atoms with van der Waals surface area (Å²) in [6.45, 7) is 9.83. The highest BCUT2D eigenvalue weighted by molar-refractivity contribution is 4.68. The molecule has 0 fully saturated rings. The molecule has 0 radical (unpaired) electrons. The Morgan fingerprint density at radius 3 is 2.00 bits per heavy atom. The van der Waals surface area contributed by atoms with Crippen molar-refractivity contribution in [2.24, 2.45) is 11.7 Å². The molecule has 0 saturated carbocycles. The zero-order valence-electron chi connectivity index (χ0n) is 9.17. The van der Waals surface area contributed by atoms with Gasteiger partial charge in [-0.15, -0.1) is 0 Å². The Morgan fingerprint density at radius 2 is 1.67 bits per heavy atom. The largest absolute Gasteiger partial charge is 0.327 e. The Hall–Kier alpha value is -0.0800. The molecular weight excluding hydrogens is 148 g/mol. The molecule has 0 heterocycles. The molecule has 2 atom stereocenters. The minimum absolute atomic E-state index is 0.282. The summed E-state index contributed by atoms with van der Waals surface area (Å²) in [6, 6.07) is 0.931. The second-order valence-electron chi connectivity index (χ2n) is 4.40. The summed E-state index contributed by atoms with van der Waals surface area (Å²) >= 11 is 0. The van der Waals surface area contributed by atoms with Gasteiger partial charge in [0, 0.05) is 18.6 Å². The topological polar surface area (TPSA) is 29.3 Å². The summed E-state index contributed by atoms with van der Waals surface area (Å²) in [5.74, 6) is 0.774. The molecule has 12 heavy (non-hydrogen) atoms. The zero-order chi connectivity index (χ0) is 9.72. The molecule has 2 nitrogen and oxygen atoms in total. The van der Waals surface area contributed by atoms with Crippen LogP contribution in [0.3, 0.4) is 0 Å². The smallest absolute Gasteiger partial charge is 0.0139 e. The Morgan fingerprint density at radius 1 is 1.17 bits per heavy atom. The Labute approximate surface area is 77.1 Å². The van der Waals surface area contributed by atoms with E-state index in [1.807, 2.05) is 0 Å². The maximum atomic E-state index is 5.72. The van der Waals surface area contributed by atoms with Gasteiger partial charge in [-0.05, 0) is 33.2 Å². The minimum Gasteiger partial charge on any atom is -0.327 e. The average molecular weight is 172 g/mol. The van der Waals surface area contributed by atoms with E-state index >= 15 is 0 Å². The van der Waals surface area contributed by atoms with E-state index in [9.17, 15) is 0 Å². The monoisotopic (exact) mass is 172 g/mol. The number of nitrogens with two attached hydrogens (primary N) is 1. The lowest BCUT2D eigenvalue weighted by molar-refractivity contribution is 0.219. The van der Waals surface area contributed by atoms with Gasteiger partial charge in [0.15, 0.2) is 0 Å². The molecular formula is C10H24N2. The third-order valence-electron chi connectivity index (χ3n) is 2.14. The predicted octanol–water partition coefficient (Wildman–Crippen LogP) is 1.70. The molecule has 0 aliphatic carbocycles. The van der Waals surface area contributed by atoms with Crippen LogP contribution in [0.1, 0.15) is 34.1 Å². The van der Waals surface area contributed by atoms with Crippen LogP contribution in [-0.2, 0) is 0 Å². The lowest BCUT2D eigenvalue weighted by atomic mass is 10.0. The fourth-order valence-electron chi connectivity index (χ4n) is 1.50. The van der Waals surface area contributed by atoms with Gasteiger partial charge >= 0.3 is 0 Å². The summed E-state index contributed by atoms with van der Waals surface area (Å²) in [5.41, 5.74) is 5.72. The molecule has 0 spiro atoms. The van der Waals surface area contributed by atoms with Crippen molar-refractivity contribution in [3.05, 3.63) is 0 Å². The van der Waals surface area contributed by atoms with Gasteiger partial charge in [-0.2, -0.15) is 0 Å².